The fourth-order valence-corrected chi connectivity index (χ4v) is 3.98. The molecule has 1 N–H and O–H groups in total. The van der Waals surface area contributed by atoms with Gasteiger partial charge in [-0.2, -0.15) is 10.2 Å². The number of para-hydroxylation sites is 1. The van der Waals surface area contributed by atoms with Crippen LogP contribution in [-0.4, -0.2) is 31.9 Å². The minimum absolute atomic E-state index is 0.341. The van der Waals surface area contributed by atoms with Crippen molar-refractivity contribution in [2.75, 3.05) is 0 Å². The molecule has 0 saturated heterocycles. The molecule has 2 aromatic carbocycles. The van der Waals surface area contributed by atoms with Crippen LogP contribution in [0.5, 0.6) is 0 Å². The van der Waals surface area contributed by atoms with Crippen molar-refractivity contribution in [1.29, 1.82) is 0 Å². The first-order chi connectivity index (χ1) is 17.6. The summed E-state index contributed by atoms with van der Waals surface area (Å²) in [5, 5.41) is 9.58. The van der Waals surface area contributed by atoms with Gasteiger partial charge in [-0.15, -0.1) is 0 Å². The van der Waals surface area contributed by atoms with Gasteiger partial charge in [-0.25, -0.2) is 15.1 Å². The van der Waals surface area contributed by atoms with Crippen molar-refractivity contribution in [3.63, 3.8) is 0 Å². The van der Waals surface area contributed by atoms with Crippen LogP contribution in [0, 0.1) is 6.92 Å². The molecule has 7 heteroatoms. The largest absolute Gasteiger partial charge is 0.272 e. The van der Waals surface area contributed by atoms with Gasteiger partial charge in [0.25, 0.3) is 5.91 Å². The topological polar surface area (TPSA) is 85.1 Å². The smallest absolute Gasteiger partial charge is 0.267 e. The highest BCUT2D eigenvalue weighted by Crippen LogP contribution is 2.28. The van der Waals surface area contributed by atoms with Crippen LogP contribution in [0.1, 0.15) is 28.5 Å². The van der Waals surface area contributed by atoms with E-state index in [0.717, 1.165) is 22.4 Å². The van der Waals surface area contributed by atoms with Crippen LogP contribution >= 0.6 is 0 Å². The highest BCUT2D eigenvalue weighted by molar-refractivity contribution is 6.08. The molecule has 5 aromatic rings. The Morgan fingerprint density at radius 2 is 1.75 bits per heavy atom. The Hall–Kier alpha value is -4.91. The molecule has 0 atom stereocenters. The molecular formula is C29H24N6O. The third-order valence-corrected chi connectivity index (χ3v) is 5.64. The van der Waals surface area contributed by atoms with E-state index in [1.807, 2.05) is 92.7 Å². The van der Waals surface area contributed by atoms with Gasteiger partial charge in [0.15, 0.2) is 5.65 Å². The second-order valence-electron chi connectivity index (χ2n) is 8.33. The maximum Gasteiger partial charge on any atom is 0.272 e. The van der Waals surface area contributed by atoms with Gasteiger partial charge in [0.1, 0.15) is 0 Å². The normalized spacial score (nSPS) is 11.8. The van der Waals surface area contributed by atoms with Gasteiger partial charge in [0.2, 0.25) is 0 Å². The molecule has 0 unspecified atom stereocenters. The van der Waals surface area contributed by atoms with E-state index in [1.165, 1.54) is 0 Å². The van der Waals surface area contributed by atoms with Crippen LogP contribution < -0.4 is 5.43 Å². The molecule has 5 rings (SSSR count). The van der Waals surface area contributed by atoms with Crippen molar-refractivity contribution in [1.82, 2.24) is 25.2 Å². The summed E-state index contributed by atoms with van der Waals surface area (Å²) in [4.78, 5) is 22.4. The number of benzene rings is 2. The molecule has 0 aliphatic carbocycles. The summed E-state index contributed by atoms with van der Waals surface area (Å²) in [6.45, 7) is 3.81. The maximum atomic E-state index is 13.4. The van der Waals surface area contributed by atoms with E-state index < -0.39 is 0 Å². The van der Waals surface area contributed by atoms with Crippen LogP contribution in [0.2, 0.25) is 0 Å². The number of carbonyl (C=O) groups is 1. The summed E-state index contributed by atoms with van der Waals surface area (Å²) in [6.07, 6.45) is 7.05. The molecule has 0 radical (unpaired) electrons. The molecule has 0 fully saturated rings. The van der Waals surface area contributed by atoms with Crippen LogP contribution in [0.4, 0.5) is 0 Å². The molecule has 3 aromatic heterocycles. The van der Waals surface area contributed by atoms with Crippen molar-refractivity contribution >= 4 is 29.2 Å². The van der Waals surface area contributed by atoms with E-state index in [0.29, 0.717) is 28.0 Å². The fraction of sp³-hybridized carbons (Fsp3) is 0.0690. The lowest BCUT2D eigenvalue weighted by atomic mass is 10.1. The van der Waals surface area contributed by atoms with Crippen molar-refractivity contribution in [3.05, 3.63) is 114 Å². The Balaban J connectivity index is 1.54. The molecule has 176 valence electrons. The quantitative estimate of drug-likeness (QED) is 0.257. The predicted molar refractivity (Wildman–Crippen MR) is 143 cm³/mol. The number of allylic oxidation sites excluding steroid dienone is 1. The van der Waals surface area contributed by atoms with Crippen LogP contribution in [0.3, 0.4) is 0 Å². The molecule has 0 aliphatic rings. The molecule has 3 heterocycles. The van der Waals surface area contributed by atoms with Gasteiger partial charge in [0.05, 0.1) is 34.2 Å². The number of hydrogen-bond acceptors (Lipinski definition) is 5. The standard InChI is InChI=1S/C29H24N6O/c1-20(16-22-10-5-3-6-11-22)18-31-33-29(36)25-17-26(23-12-9-15-30-19-23)32-28-27(25)21(2)34-35(28)24-13-7-4-8-14-24/h3-19H,1-2H3,(H,33,36)/b20-16+,31-18+. The van der Waals surface area contributed by atoms with Gasteiger partial charge in [-0.05, 0) is 55.3 Å². The molecular weight excluding hydrogens is 448 g/mol. The molecule has 1 amide bonds. The molecule has 0 saturated carbocycles. The number of fused-ring (bicyclic) bond motifs is 1. The zero-order valence-corrected chi connectivity index (χ0v) is 20.0. The second-order valence-corrected chi connectivity index (χ2v) is 8.33. The molecule has 0 aliphatic heterocycles. The van der Waals surface area contributed by atoms with E-state index in [-0.39, 0.29) is 5.91 Å². The van der Waals surface area contributed by atoms with E-state index >= 15 is 0 Å². The average molecular weight is 473 g/mol. The SMILES string of the molecule is CC(/C=N/NC(=O)c1cc(-c2cccnc2)nc2c1c(C)nn2-c1ccccc1)=C\c1ccccc1. The molecule has 0 spiro atoms. The van der Waals surface area contributed by atoms with E-state index in [9.17, 15) is 4.79 Å². The first kappa shape index (κ1) is 22.9. The Morgan fingerprint density at radius 1 is 1.00 bits per heavy atom. The summed E-state index contributed by atoms with van der Waals surface area (Å²) < 4.78 is 1.76. The summed E-state index contributed by atoms with van der Waals surface area (Å²) in [7, 11) is 0. The summed E-state index contributed by atoms with van der Waals surface area (Å²) in [5.41, 5.74) is 8.67. The van der Waals surface area contributed by atoms with Crippen molar-refractivity contribution in [2.24, 2.45) is 5.10 Å². The van der Waals surface area contributed by atoms with E-state index in [2.05, 4.69) is 15.5 Å². The first-order valence-corrected chi connectivity index (χ1v) is 11.5. The number of rotatable bonds is 6. The van der Waals surface area contributed by atoms with Crippen LogP contribution in [0.25, 0.3) is 34.1 Å². The van der Waals surface area contributed by atoms with Gasteiger partial charge in [-0.3, -0.25) is 9.78 Å². The number of hydrogen-bond donors (Lipinski definition) is 1. The molecule has 0 bridgehead atoms. The number of amides is 1. The molecule has 7 nitrogen and oxygen atoms in total. The predicted octanol–water partition coefficient (Wildman–Crippen LogP) is 5.61. The minimum atomic E-state index is -0.341. The Bertz CT molecular complexity index is 1570. The van der Waals surface area contributed by atoms with Gasteiger partial charge in [0, 0.05) is 18.0 Å². The number of aryl methyl sites for hydroxylation is 1. The van der Waals surface area contributed by atoms with Crippen LogP contribution in [-0.2, 0) is 0 Å². The Labute approximate surface area is 208 Å². The highest BCUT2D eigenvalue weighted by atomic mass is 16.2. The monoisotopic (exact) mass is 472 g/mol. The summed E-state index contributed by atoms with van der Waals surface area (Å²) in [5.74, 6) is -0.341. The summed E-state index contributed by atoms with van der Waals surface area (Å²) in [6, 6.07) is 25.2. The van der Waals surface area contributed by atoms with Gasteiger partial charge in [-0.1, -0.05) is 54.6 Å². The first-order valence-electron chi connectivity index (χ1n) is 11.5. The fourth-order valence-electron chi connectivity index (χ4n) is 3.98. The number of aromatic nitrogens is 4. The Kier molecular flexibility index (Phi) is 6.44. The van der Waals surface area contributed by atoms with Gasteiger partial charge < -0.3 is 0 Å². The maximum absolute atomic E-state index is 13.4. The number of nitrogens with one attached hydrogen (secondary N) is 1. The van der Waals surface area contributed by atoms with Crippen molar-refractivity contribution in [3.8, 4) is 16.9 Å². The van der Waals surface area contributed by atoms with Crippen LogP contribution in [0.15, 0.2) is 102 Å². The van der Waals surface area contributed by atoms with E-state index in [4.69, 9.17) is 10.1 Å². The Morgan fingerprint density at radius 3 is 2.47 bits per heavy atom. The number of carbonyl (C=O) groups excluding carboxylic acids is 1. The number of pyridine rings is 2. The lowest BCUT2D eigenvalue weighted by Gasteiger charge is -2.08. The zero-order chi connectivity index (χ0) is 24.9. The minimum Gasteiger partial charge on any atom is -0.267 e. The lowest BCUT2D eigenvalue weighted by Crippen LogP contribution is -2.18. The van der Waals surface area contributed by atoms with E-state index in [1.54, 1.807) is 29.4 Å². The number of hydrazone groups is 1. The van der Waals surface area contributed by atoms with Gasteiger partial charge >= 0.3 is 0 Å². The lowest BCUT2D eigenvalue weighted by molar-refractivity contribution is 0.0956. The second kappa shape index (κ2) is 10.1. The molecule has 36 heavy (non-hydrogen) atoms. The third-order valence-electron chi connectivity index (χ3n) is 5.64. The van der Waals surface area contributed by atoms with Crippen molar-refractivity contribution < 1.29 is 4.79 Å². The highest BCUT2D eigenvalue weighted by Gasteiger charge is 2.21. The number of nitrogens with zero attached hydrogens (tertiary/aromatic N) is 5. The third kappa shape index (κ3) is 4.81. The zero-order valence-electron chi connectivity index (χ0n) is 20.0. The van der Waals surface area contributed by atoms with Crippen molar-refractivity contribution in [2.45, 2.75) is 13.8 Å². The average Bonchev–Trinajstić information content (AvgIpc) is 3.26. The summed E-state index contributed by atoms with van der Waals surface area (Å²) >= 11 is 0.